The van der Waals surface area contributed by atoms with E-state index in [4.69, 9.17) is 11.0 Å². The van der Waals surface area contributed by atoms with Gasteiger partial charge in [0.2, 0.25) is 0 Å². The van der Waals surface area contributed by atoms with Gasteiger partial charge in [0, 0.05) is 6.42 Å². The summed E-state index contributed by atoms with van der Waals surface area (Å²) in [4.78, 5) is 4.62. The molecule has 1 unspecified atom stereocenters. The topological polar surface area (TPSA) is 67.6 Å². The third-order valence-corrected chi connectivity index (χ3v) is 2.95. The van der Waals surface area contributed by atoms with E-state index in [0.29, 0.717) is 6.54 Å². The molecule has 0 spiro atoms. The number of rotatable bonds is 4. The summed E-state index contributed by atoms with van der Waals surface area (Å²) in [5.74, 6) is 1.01. The van der Waals surface area contributed by atoms with Gasteiger partial charge in [-0.3, -0.25) is 0 Å². The molecule has 2 aromatic rings. The van der Waals surface area contributed by atoms with E-state index in [-0.39, 0.29) is 0 Å². The summed E-state index contributed by atoms with van der Waals surface area (Å²) < 4.78 is 2.07. The van der Waals surface area contributed by atoms with Crippen molar-refractivity contribution in [2.24, 2.45) is 5.73 Å². The number of hydrogen-bond acceptors (Lipinski definition) is 3. The molecular weight excluding hydrogens is 224 g/mol. The highest BCUT2D eigenvalue weighted by atomic mass is 15.1. The molecule has 0 fully saturated rings. The molecule has 1 heterocycles. The van der Waals surface area contributed by atoms with Crippen molar-refractivity contribution in [2.45, 2.75) is 38.8 Å². The summed E-state index contributed by atoms with van der Waals surface area (Å²) in [6.07, 6.45) is 1.92. The molecule has 0 amide bonds. The highest BCUT2D eigenvalue weighted by Gasteiger charge is 2.21. The van der Waals surface area contributed by atoms with E-state index in [0.717, 1.165) is 29.7 Å². The molecular formula is C14H18N4. The van der Waals surface area contributed by atoms with E-state index in [1.807, 2.05) is 24.3 Å². The van der Waals surface area contributed by atoms with Crippen LogP contribution >= 0.6 is 0 Å². The van der Waals surface area contributed by atoms with Crippen molar-refractivity contribution in [3.63, 3.8) is 0 Å². The Morgan fingerprint density at radius 2 is 2.17 bits per heavy atom. The molecule has 1 atom stereocenters. The summed E-state index contributed by atoms with van der Waals surface area (Å²) in [6.45, 7) is 4.34. The van der Waals surface area contributed by atoms with Crippen LogP contribution in [0, 0.1) is 11.3 Å². The highest BCUT2D eigenvalue weighted by Crippen LogP contribution is 2.19. The molecule has 94 valence electrons. The minimum atomic E-state index is -0.869. The molecule has 2 rings (SSSR count). The van der Waals surface area contributed by atoms with E-state index in [1.54, 1.807) is 6.92 Å². The van der Waals surface area contributed by atoms with Crippen molar-refractivity contribution in [2.75, 3.05) is 0 Å². The summed E-state index contributed by atoms with van der Waals surface area (Å²) in [7, 11) is 0. The lowest BCUT2D eigenvalue weighted by Crippen LogP contribution is -2.39. The Bertz CT molecular complexity index is 589. The maximum atomic E-state index is 9.08. The lowest BCUT2D eigenvalue weighted by Gasteiger charge is -2.18. The molecule has 0 bridgehead atoms. The normalized spacial score (nSPS) is 14.3. The first kappa shape index (κ1) is 12.6. The molecule has 18 heavy (non-hydrogen) atoms. The second kappa shape index (κ2) is 4.79. The number of fused-ring (bicyclic) bond motifs is 1. The molecule has 0 aliphatic heterocycles. The Labute approximate surface area is 107 Å². The number of nitriles is 1. The van der Waals surface area contributed by atoms with Crippen molar-refractivity contribution < 1.29 is 0 Å². The number of nitrogens with two attached hydrogens (primary N) is 1. The van der Waals surface area contributed by atoms with Gasteiger partial charge in [-0.05, 0) is 25.5 Å². The van der Waals surface area contributed by atoms with Crippen LogP contribution in [-0.4, -0.2) is 15.1 Å². The number of aromatic nitrogens is 2. The molecule has 0 saturated heterocycles. The Morgan fingerprint density at radius 1 is 1.44 bits per heavy atom. The molecule has 4 nitrogen and oxygen atoms in total. The Hall–Kier alpha value is -1.86. The number of hydrogen-bond donors (Lipinski definition) is 1. The van der Waals surface area contributed by atoms with Crippen molar-refractivity contribution >= 4 is 11.0 Å². The van der Waals surface area contributed by atoms with Gasteiger partial charge in [0.25, 0.3) is 0 Å². The standard InChI is InChI=1S/C14H18N4/c1-3-6-13-17-11-7-4-5-8-12(11)18(13)10-14(2,16)9-15/h4-5,7-8H,3,6,10,16H2,1-2H3. The van der Waals surface area contributed by atoms with Crippen LogP contribution in [0.25, 0.3) is 11.0 Å². The van der Waals surface area contributed by atoms with Gasteiger partial charge in [0.1, 0.15) is 11.4 Å². The average molecular weight is 242 g/mol. The minimum Gasteiger partial charge on any atom is -0.325 e. The Kier molecular flexibility index (Phi) is 3.35. The fraction of sp³-hybridized carbons (Fsp3) is 0.429. The van der Waals surface area contributed by atoms with Gasteiger partial charge < -0.3 is 10.3 Å². The average Bonchev–Trinajstić information content (AvgIpc) is 2.68. The van der Waals surface area contributed by atoms with Gasteiger partial charge in [0.05, 0.1) is 23.6 Å². The fourth-order valence-corrected chi connectivity index (χ4v) is 2.08. The van der Waals surface area contributed by atoms with Crippen LogP contribution in [0.2, 0.25) is 0 Å². The first-order chi connectivity index (χ1) is 8.57. The minimum absolute atomic E-state index is 0.472. The van der Waals surface area contributed by atoms with Crippen molar-refractivity contribution in [1.82, 2.24) is 9.55 Å². The number of aryl methyl sites for hydroxylation is 1. The number of nitrogens with zero attached hydrogens (tertiary/aromatic N) is 3. The molecule has 4 heteroatoms. The zero-order valence-electron chi connectivity index (χ0n) is 10.8. The third kappa shape index (κ3) is 2.36. The van der Waals surface area contributed by atoms with Crippen molar-refractivity contribution in [3.8, 4) is 6.07 Å². The van der Waals surface area contributed by atoms with Crippen LogP contribution < -0.4 is 5.73 Å². The van der Waals surface area contributed by atoms with E-state index in [9.17, 15) is 0 Å². The molecule has 0 aliphatic carbocycles. The number of benzene rings is 1. The molecule has 1 aromatic carbocycles. The zero-order valence-corrected chi connectivity index (χ0v) is 10.8. The predicted octanol–water partition coefficient (Wildman–Crippen LogP) is 2.23. The van der Waals surface area contributed by atoms with Crippen LogP contribution in [-0.2, 0) is 13.0 Å². The van der Waals surface area contributed by atoms with Crippen molar-refractivity contribution in [3.05, 3.63) is 30.1 Å². The van der Waals surface area contributed by atoms with Crippen LogP contribution in [0.4, 0.5) is 0 Å². The largest absolute Gasteiger partial charge is 0.325 e. The van der Waals surface area contributed by atoms with Gasteiger partial charge in [-0.1, -0.05) is 19.1 Å². The third-order valence-electron chi connectivity index (χ3n) is 2.95. The molecule has 1 aromatic heterocycles. The zero-order chi connectivity index (χ0) is 13.2. The lowest BCUT2D eigenvalue weighted by atomic mass is 10.1. The van der Waals surface area contributed by atoms with Crippen LogP contribution in [0.15, 0.2) is 24.3 Å². The maximum absolute atomic E-state index is 9.08. The SMILES string of the molecule is CCCc1nc2ccccc2n1CC(C)(N)C#N. The molecule has 2 N–H and O–H groups in total. The van der Waals surface area contributed by atoms with Gasteiger partial charge >= 0.3 is 0 Å². The second-order valence-corrected chi connectivity index (χ2v) is 4.88. The summed E-state index contributed by atoms with van der Waals surface area (Å²) >= 11 is 0. The summed E-state index contributed by atoms with van der Waals surface area (Å²) in [5.41, 5.74) is 7.10. The van der Waals surface area contributed by atoms with Gasteiger partial charge in [-0.15, -0.1) is 0 Å². The Balaban J connectivity index is 2.52. The van der Waals surface area contributed by atoms with E-state index in [1.165, 1.54) is 0 Å². The van der Waals surface area contributed by atoms with Crippen molar-refractivity contribution in [1.29, 1.82) is 5.26 Å². The smallest absolute Gasteiger partial charge is 0.119 e. The number of imidazole rings is 1. The molecule has 0 aliphatic rings. The van der Waals surface area contributed by atoms with Gasteiger partial charge in [-0.2, -0.15) is 5.26 Å². The summed E-state index contributed by atoms with van der Waals surface area (Å²) in [5, 5.41) is 9.08. The van der Waals surface area contributed by atoms with Gasteiger partial charge in [-0.25, -0.2) is 4.98 Å². The highest BCUT2D eigenvalue weighted by molar-refractivity contribution is 5.76. The second-order valence-electron chi connectivity index (χ2n) is 4.88. The van der Waals surface area contributed by atoms with Crippen LogP contribution in [0.5, 0.6) is 0 Å². The van der Waals surface area contributed by atoms with Gasteiger partial charge in [0.15, 0.2) is 0 Å². The first-order valence-corrected chi connectivity index (χ1v) is 6.21. The summed E-state index contributed by atoms with van der Waals surface area (Å²) in [6, 6.07) is 10.1. The quantitative estimate of drug-likeness (QED) is 0.894. The fourth-order valence-electron chi connectivity index (χ4n) is 2.08. The predicted molar refractivity (Wildman–Crippen MR) is 71.9 cm³/mol. The Morgan fingerprint density at radius 3 is 2.83 bits per heavy atom. The molecule has 0 radical (unpaired) electrons. The number of para-hydroxylation sites is 2. The maximum Gasteiger partial charge on any atom is 0.119 e. The monoisotopic (exact) mass is 242 g/mol. The van der Waals surface area contributed by atoms with E-state index < -0.39 is 5.54 Å². The lowest BCUT2D eigenvalue weighted by molar-refractivity contribution is 0.487. The van der Waals surface area contributed by atoms with E-state index in [2.05, 4.69) is 22.5 Å². The first-order valence-electron chi connectivity index (χ1n) is 6.21. The van der Waals surface area contributed by atoms with Crippen LogP contribution in [0.3, 0.4) is 0 Å². The van der Waals surface area contributed by atoms with Crippen LogP contribution in [0.1, 0.15) is 26.1 Å². The van der Waals surface area contributed by atoms with E-state index >= 15 is 0 Å². The molecule has 0 saturated carbocycles.